The Morgan fingerprint density at radius 2 is 1.65 bits per heavy atom. The highest BCUT2D eigenvalue weighted by molar-refractivity contribution is 6.74. The first-order valence-corrected chi connectivity index (χ1v) is 11.0. The molecule has 1 saturated heterocycles. The van der Waals surface area contributed by atoms with Crippen molar-refractivity contribution in [1.82, 2.24) is 5.32 Å². The normalized spacial score (nSPS) is 28.9. The van der Waals surface area contributed by atoms with Gasteiger partial charge in [-0.25, -0.2) is 0 Å². The van der Waals surface area contributed by atoms with Crippen LogP contribution in [0.4, 0.5) is 0 Å². The van der Waals surface area contributed by atoms with Crippen molar-refractivity contribution in [2.24, 2.45) is 0 Å². The molecular formula is C17H29NO4Si. The van der Waals surface area contributed by atoms with Crippen LogP contribution in [0.1, 0.15) is 32.4 Å². The fourth-order valence-corrected chi connectivity index (χ4v) is 3.54. The molecule has 0 amide bonds. The molecule has 0 bridgehead atoms. The van der Waals surface area contributed by atoms with Crippen molar-refractivity contribution in [2.45, 2.75) is 63.2 Å². The highest BCUT2D eigenvalue weighted by Crippen LogP contribution is 2.37. The zero-order valence-corrected chi connectivity index (χ0v) is 15.6. The molecule has 1 aliphatic heterocycles. The van der Waals surface area contributed by atoms with Crippen LogP contribution in [0, 0.1) is 0 Å². The second-order valence-electron chi connectivity index (χ2n) is 7.85. The summed E-state index contributed by atoms with van der Waals surface area (Å²) in [6.07, 6.45) is -1.90. The Morgan fingerprint density at radius 1 is 1.09 bits per heavy atom. The summed E-state index contributed by atoms with van der Waals surface area (Å²) in [5, 5.41) is 32.4. The van der Waals surface area contributed by atoms with Gasteiger partial charge in [0.2, 0.25) is 8.32 Å². The predicted molar refractivity (Wildman–Crippen MR) is 93.0 cm³/mol. The van der Waals surface area contributed by atoms with Crippen LogP contribution in [-0.4, -0.2) is 48.5 Å². The van der Waals surface area contributed by atoms with Gasteiger partial charge < -0.3 is 25.1 Å². The minimum absolute atomic E-state index is 0.132. The molecule has 0 saturated carbocycles. The van der Waals surface area contributed by atoms with Crippen LogP contribution < -0.4 is 9.74 Å². The van der Waals surface area contributed by atoms with Gasteiger partial charge in [-0.15, -0.1) is 0 Å². The van der Waals surface area contributed by atoms with Crippen LogP contribution in [0.15, 0.2) is 24.3 Å². The Kier molecular flexibility index (Phi) is 5.23. The van der Waals surface area contributed by atoms with Gasteiger partial charge in [0.15, 0.2) is 0 Å². The lowest BCUT2D eigenvalue weighted by atomic mass is 10.0. The molecule has 2 rings (SSSR count). The quantitative estimate of drug-likeness (QED) is 0.629. The van der Waals surface area contributed by atoms with Crippen LogP contribution in [0.25, 0.3) is 0 Å². The minimum Gasteiger partial charge on any atom is -0.544 e. The third kappa shape index (κ3) is 3.77. The van der Waals surface area contributed by atoms with Gasteiger partial charge >= 0.3 is 0 Å². The third-order valence-corrected chi connectivity index (χ3v) is 9.47. The Bertz CT molecular complexity index is 526. The standard InChI is InChI=1S/C17H29NO4Si/c1-17(2,3)23(4,5)22-12-8-6-11(7-9-12)14-16(21)15(20)13(10-19)18-14/h6-9,13-16,18-21H,10H2,1-5H3/t13-,14+,15-,16+/m1/s1. The van der Waals surface area contributed by atoms with Gasteiger partial charge in [0, 0.05) is 0 Å². The third-order valence-electron chi connectivity index (χ3n) is 5.11. The lowest BCUT2D eigenvalue weighted by Gasteiger charge is -2.36. The molecular weight excluding hydrogens is 310 g/mol. The molecule has 1 heterocycles. The summed E-state index contributed by atoms with van der Waals surface area (Å²) in [5.74, 6) is 0.826. The van der Waals surface area contributed by atoms with Crippen molar-refractivity contribution in [2.75, 3.05) is 6.61 Å². The topological polar surface area (TPSA) is 82.0 Å². The molecule has 1 fully saturated rings. The van der Waals surface area contributed by atoms with Gasteiger partial charge in [0.05, 0.1) is 24.8 Å². The van der Waals surface area contributed by atoms with E-state index >= 15 is 0 Å². The Morgan fingerprint density at radius 3 is 2.09 bits per heavy atom. The summed E-state index contributed by atoms with van der Waals surface area (Å²) in [6, 6.07) is 6.72. The van der Waals surface area contributed by atoms with E-state index in [1.54, 1.807) is 0 Å². The fourth-order valence-electron chi connectivity index (χ4n) is 2.51. The number of benzene rings is 1. The summed E-state index contributed by atoms with van der Waals surface area (Å²) in [7, 11) is -1.87. The average Bonchev–Trinajstić information content (AvgIpc) is 2.74. The lowest BCUT2D eigenvalue weighted by Crippen LogP contribution is -2.43. The number of nitrogens with one attached hydrogen (secondary N) is 1. The van der Waals surface area contributed by atoms with Gasteiger partial charge in [0.25, 0.3) is 0 Å². The smallest absolute Gasteiger partial charge is 0.250 e. The SMILES string of the molecule is CC(C)(C)[Si](C)(C)Oc1ccc([C@@H]2N[C@H](CO)[C@@H](O)[C@H]2O)cc1. The van der Waals surface area contributed by atoms with Crippen LogP contribution in [0.2, 0.25) is 18.1 Å². The zero-order valence-electron chi connectivity index (χ0n) is 14.6. The predicted octanol–water partition coefficient (Wildman–Crippen LogP) is 1.80. The molecule has 4 N–H and O–H groups in total. The largest absolute Gasteiger partial charge is 0.544 e. The van der Waals surface area contributed by atoms with Crippen LogP contribution in [-0.2, 0) is 0 Å². The highest BCUT2D eigenvalue weighted by Gasteiger charge is 2.41. The Labute approximate surface area is 139 Å². The van der Waals surface area contributed by atoms with Gasteiger partial charge in [0.1, 0.15) is 11.9 Å². The first-order valence-electron chi connectivity index (χ1n) is 8.09. The van der Waals surface area contributed by atoms with Gasteiger partial charge in [-0.05, 0) is 35.8 Å². The highest BCUT2D eigenvalue weighted by atomic mass is 28.4. The summed E-state index contributed by atoms with van der Waals surface area (Å²) in [5.41, 5.74) is 0.870. The van der Waals surface area contributed by atoms with E-state index in [-0.39, 0.29) is 17.7 Å². The lowest BCUT2D eigenvalue weighted by molar-refractivity contribution is 0.0194. The number of aliphatic hydroxyl groups excluding tert-OH is 3. The molecule has 1 aromatic rings. The van der Waals surface area contributed by atoms with E-state index < -0.39 is 26.6 Å². The number of hydrogen-bond acceptors (Lipinski definition) is 5. The van der Waals surface area contributed by atoms with Crippen molar-refractivity contribution in [3.63, 3.8) is 0 Å². The van der Waals surface area contributed by atoms with E-state index in [4.69, 9.17) is 4.43 Å². The summed E-state index contributed by atoms with van der Waals surface area (Å²) in [4.78, 5) is 0. The molecule has 130 valence electrons. The fraction of sp³-hybridized carbons (Fsp3) is 0.647. The van der Waals surface area contributed by atoms with Gasteiger partial charge in [-0.1, -0.05) is 32.9 Å². The van der Waals surface area contributed by atoms with Crippen molar-refractivity contribution in [1.29, 1.82) is 0 Å². The minimum atomic E-state index is -1.87. The molecule has 0 spiro atoms. The van der Waals surface area contributed by atoms with E-state index in [0.717, 1.165) is 11.3 Å². The maximum absolute atomic E-state index is 10.1. The first-order chi connectivity index (χ1) is 10.6. The summed E-state index contributed by atoms with van der Waals surface area (Å²) < 4.78 is 6.24. The number of rotatable bonds is 4. The van der Waals surface area contributed by atoms with Crippen molar-refractivity contribution < 1.29 is 19.7 Å². The van der Waals surface area contributed by atoms with Crippen molar-refractivity contribution in [3.8, 4) is 5.75 Å². The monoisotopic (exact) mass is 339 g/mol. The first kappa shape index (κ1) is 18.4. The van der Waals surface area contributed by atoms with Crippen LogP contribution in [0.3, 0.4) is 0 Å². The average molecular weight is 340 g/mol. The van der Waals surface area contributed by atoms with E-state index in [1.165, 1.54) is 0 Å². The Balaban J connectivity index is 2.12. The molecule has 1 aliphatic rings. The summed E-state index contributed by atoms with van der Waals surface area (Å²) >= 11 is 0. The van der Waals surface area contributed by atoms with E-state index in [2.05, 4.69) is 39.2 Å². The molecule has 5 nitrogen and oxygen atoms in total. The van der Waals surface area contributed by atoms with Crippen molar-refractivity contribution in [3.05, 3.63) is 29.8 Å². The number of aliphatic hydroxyl groups is 3. The molecule has 0 unspecified atom stereocenters. The molecule has 0 aromatic heterocycles. The summed E-state index contributed by atoms with van der Waals surface area (Å²) in [6.45, 7) is 10.8. The van der Waals surface area contributed by atoms with E-state index in [9.17, 15) is 15.3 Å². The molecule has 0 aliphatic carbocycles. The molecule has 4 atom stereocenters. The van der Waals surface area contributed by atoms with Gasteiger partial charge in [-0.2, -0.15) is 0 Å². The molecule has 0 radical (unpaired) electrons. The molecule has 23 heavy (non-hydrogen) atoms. The second-order valence-corrected chi connectivity index (χ2v) is 12.6. The molecule has 6 heteroatoms. The maximum Gasteiger partial charge on any atom is 0.250 e. The maximum atomic E-state index is 10.1. The van der Waals surface area contributed by atoms with Crippen molar-refractivity contribution >= 4 is 8.32 Å². The number of hydrogen-bond donors (Lipinski definition) is 4. The Hall–Kier alpha value is -0.923. The van der Waals surface area contributed by atoms with E-state index in [1.807, 2.05) is 24.3 Å². The zero-order chi connectivity index (χ0) is 17.4. The van der Waals surface area contributed by atoms with Gasteiger partial charge in [-0.3, -0.25) is 0 Å². The van der Waals surface area contributed by atoms with Crippen LogP contribution >= 0.6 is 0 Å². The molecule has 1 aromatic carbocycles. The second kappa shape index (κ2) is 6.53. The van der Waals surface area contributed by atoms with Crippen LogP contribution in [0.5, 0.6) is 5.75 Å². The van der Waals surface area contributed by atoms with E-state index in [0.29, 0.717) is 0 Å².